The molecule has 0 unspecified atom stereocenters. The normalized spacial score (nSPS) is 11.4. The van der Waals surface area contributed by atoms with Crippen LogP contribution in [0, 0.1) is 0 Å². The van der Waals surface area contributed by atoms with Crippen molar-refractivity contribution in [2.24, 2.45) is 0 Å². The van der Waals surface area contributed by atoms with E-state index in [1.807, 2.05) is 0 Å². The van der Waals surface area contributed by atoms with Gasteiger partial charge < -0.3 is 0 Å². The predicted octanol–water partition coefficient (Wildman–Crippen LogP) is 11.1. The van der Waals surface area contributed by atoms with Crippen LogP contribution in [0.3, 0.4) is 0 Å². The number of aryl methyl sites for hydroxylation is 3. The van der Waals surface area contributed by atoms with Crippen molar-refractivity contribution in [3.63, 3.8) is 0 Å². The van der Waals surface area contributed by atoms with Gasteiger partial charge in [-0.1, -0.05) is 143 Å². The maximum atomic E-state index is 2.52. The summed E-state index contributed by atoms with van der Waals surface area (Å²) in [4.78, 5) is 0. The Morgan fingerprint density at radius 3 is 1.26 bits per heavy atom. The quantitative estimate of drug-likeness (QED) is 0.0905. The highest BCUT2D eigenvalue weighted by Gasteiger charge is 2.10. The van der Waals surface area contributed by atoms with E-state index in [1.54, 1.807) is 11.1 Å². The first-order chi connectivity index (χ1) is 17.3. The molecule has 1 heterocycles. The lowest BCUT2D eigenvalue weighted by molar-refractivity contribution is -0.697. The summed E-state index contributed by atoms with van der Waals surface area (Å²) < 4.78 is 2.50. The fraction of sp³-hybridized carbons (Fsp3) is 0.853. The van der Waals surface area contributed by atoms with Gasteiger partial charge in [0.15, 0.2) is 12.4 Å². The van der Waals surface area contributed by atoms with Crippen molar-refractivity contribution < 1.29 is 4.57 Å². The molecule has 1 heteroatoms. The van der Waals surface area contributed by atoms with Gasteiger partial charge in [0.25, 0.3) is 0 Å². The Bertz CT molecular complexity index is 564. The van der Waals surface area contributed by atoms with Crippen LogP contribution in [0.15, 0.2) is 18.5 Å². The molecule has 1 rings (SSSR count). The maximum absolute atomic E-state index is 2.52. The summed E-state index contributed by atoms with van der Waals surface area (Å²) in [6.07, 6.45) is 40.0. The molecule has 0 radical (unpaired) electrons. The van der Waals surface area contributed by atoms with Gasteiger partial charge >= 0.3 is 0 Å². The Morgan fingerprint density at radius 2 is 0.800 bits per heavy atom. The monoisotopic (exact) mass is 487 g/mol. The van der Waals surface area contributed by atoms with E-state index >= 15 is 0 Å². The summed E-state index contributed by atoms with van der Waals surface area (Å²) in [7, 11) is 0. The van der Waals surface area contributed by atoms with Crippen molar-refractivity contribution in [1.82, 2.24) is 0 Å². The molecule has 0 atom stereocenters. The third-order valence-electron chi connectivity index (χ3n) is 7.82. The molecule has 0 N–H and O–H groups in total. The van der Waals surface area contributed by atoms with E-state index in [-0.39, 0.29) is 0 Å². The number of unbranched alkanes of at least 4 members (excludes halogenated alkanes) is 20. The molecular formula is C34H64N+. The third-order valence-corrected chi connectivity index (χ3v) is 7.82. The van der Waals surface area contributed by atoms with Crippen LogP contribution in [-0.4, -0.2) is 0 Å². The van der Waals surface area contributed by atoms with Gasteiger partial charge in [-0.3, -0.25) is 0 Å². The van der Waals surface area contributed by atoms with Gasteiger partial charge in [-0.2, -0.15) is 0 Å². The lowest BCUT2D eigenvalue weighted by Crippen LogP contribution is -2.34. The molecule has 0 fully saturated rings. The van der Waals surface area contributed by atoms with Crippen molar-refractivity contribution in [3.05, 3.63) is 29.6 Å². The number of rotatable bonds is 26. The molecule has 0 amide bonds. The Morgan fingerprint density at radius 1 is 0.429 bits per heavy atom. The highest BCUT2D eigenvalue weighted by Crippen LogP contribution is 2.17. The van der Waals surface area contributed by atoms with Crippen LogP contribution in [0.2, 0.25) is 0 Å². The summed E-state index contributed by atoms with van der Waals surface area (Å²) in [5, 5.41) is 0. The summed E-state index contributed by atoms with van der Waals surface area (Å²) in [5.41, 5.74) is 3.28. The van der Waals surface area contributed by atoms with Crippen molar-refractivity contribution in [2.75, 3.05) is 0 Å². The molecule has 1 aromatic rings. The zero-order valence-corrected chi connectivity index (χ0v) is 24.6. The molecule has 0 saturated heterocycles. The molecule has 35 heavy (non-hydrogen) atoms. The van der Waals surface area contributed by atoms with Crippen molar-refractivity contribution in [2.45, 2.75) is 188 Å². The van der Waals surface area contributed by atoms with Crippen molar-refractivity contribution in [1.29, 1.82) is 0 Å². The van der Waals surface area contributed by atoms with E-state index in [0.717, 1.165) is 0 Å². The average molecular weight is 487 g/mol. The Labute approximate surface area is 221 Å². The first-order valence-corrected chi connectivity index (χ1v) is 16.3. The molecular weight excluding hydrogens is 422 g/mol. The molecule has 0 aliphatic carbocycles. The zero-order valence-electron chi connectivity index (χ0n) is 24.6. The fourth-order valence-electron chi connectivity index (χ4n) is 5.38. The van der Waals surface area contributed by atoms with E-state index < -0.39 is 0 Å². The SMILES string of the molecule is CCCCCCCCCCCCCCC[n+]1ccc(CCCCCCC)c(CCCCCCC)c1. The first-order valence-electron chi connectivity index (χ1n) is 16.3. The van der Waals surface area contributed by atoms with Crippen molar-refractivity contribution >= 4 is 0 Å². The Kier molecular flexibility index (Phi) is 22.8. The second kappa shape index (κ2) is 24.8. The second-order valence-corrected chi connectivity index (χ2v) is 11.3. The molecule has 0 spiro atoms. The lowest BCUT2D eigenvalue weighted by Gasteiger charge is -2.09. The van der Waals surface area contributed by atoms with E-state index in [1.165, 1.54) is 167 Å². The summed E-state index contributed by atoms with van der Waals surface area (Å²) in [5.74, 6) is 0. The van der Waals surface area contributed by atoms with Gasteiger partial charge in [0.1, 0.15) is 6.54 Å². The highest BCUT2D eigenvalue weighted by atomic mass is 14.9. The smallest absolute Gasteiger partial charge is 0.172 e. The van der Waals surface area contributed by atoms with Crippen LogP contribution in [-0.2, 0) is 19.4 Å². The number of hydrogen-bond donors (Lipinski definition) is 0. The highest BCUT2D eigenvalue weighted by molar-refractivity contribution is 5.21. The Hall–Kier alpha value is -0.850. The minimum atomic E-state index is 1.21. The summed E-state index contributed by atoms with van der Waals surface area (Å²) >= 11 is 0. The van der Waals surface area contributed by atoms with Crippen LogP contribution < -0.4 is 4.57 Å². The maximum Gasteiger partial charge on any atom is 0.172 e. The third kappa shape index (κ3) is 19.0. The fourth-order valence-corrected chi connectivity index (χ4v) is 5.38. The summed E-state index contributed by atoms with van der Waals surface area (Å²) in [6.45, 7) is 8.13. The molecule has 0 saturated carbocycles. The number of pyridine rings is 1. The van der Waals surface area contributed by atoms with Crippen LogP contribution in [0.25, 0.3) is 0 Å². The first kappa shape index (κ1) is 32.2. The Balaban J connectivity index is 2.25. The van der Waals surface area contributed by atoms with Gasteiger partial charge in [-0.25, -0.2) is 4.57 Å². The molecule has 1 nitrogen and oxygen atoms in total. The molecule has 0 aliphatic rings. The zero-order chi connectivity index (χ0) is 25.2. The van der Waals surface area contributed by atoms with E-state index in [4.69, 9.17) is 0 Å². The van der Waals surface area contributed by atoms with E-state index in [9.17, 15) is 0 Å². The predicted molar refractivity (Wildman–Crippen MR) is 157 cm³/mol. The van der Waals surface area contributed by atoms with Crippen LogP contribution in [0.1, 0.15) is 180 Å². The molecule has 1 aromatic heterocycles. The van der Waals surface area contributed by atoms with Gasteiger partial charge in [-0.05, 0) is 37.7 Å². The second-order valence-electron chi connectivity index (χ2n) is 11.3. The van der Waals surface area contributed by atoms with E-state index in [0.29, 0.717) is 0 Å². The minimum absolute atomic E-state index is 1.21. The summed E-state index contributed by atoms with van der Waals surface area (Å²) in [6, 6.07) is 2.46. The average Bonchev–Trinajstić information content (AvgIpc) is 2.87. The largest absolute Gasteiger partial charge is 0.205 e. The van der Waals surface area contributed by atoms with Gasteiger partial charge in [0.05, 0.1) is 0 Å². The lowest BCUT2D eigenvalue weighted by atomic mass is 9.98. The van der Waals surface area contributed by atoms with Gasteiger partial charge in [0, 0.05) is 18.1 Å². The van der Waals surface area contributed by atoms with Crippen LogP contribution >= 0.6 is 0 Å². The molecule has 0 bridgehead atoms. The van der Waals surface area contributed by atoms with Crippen molar-refractivity contribution in [3.8, 4) is 0 Å². The topological polar surface area (TPSA) is 3.88 Å². The van der Waals surface area contributed by atoms with Gasteiger partial charge in [-0.15, -0.1) is 0 Å². The van der Waals surface area contributed by atoms with Gasteiger partial charge in [0.2, 0.25) is 0 Å². The molecule has 204 valence electrons. The standard InChI is InChI=1S/C34H64N/c1-4-7-10-13-14-15-16-17-18-19-20-23-26-30-35-31-29-33(27-24-21-11-8-5-2)34(32-35)28-25-22-12-9-6-3/h29,31-32H,4-28,30H2,1-3H3/q+1. The number of nitrogens with zero attached hydrogens (tertiary/aromatic N) is 1. The minimum Gasteiger partial charge on any atom is -0.205 e. The number of aromatic nitrogens is 1. The molecule has 0 aliphatic heterocycles. The van der Waals surface area contributed by atoms with Crippen LogP contribution in [0.5, 0.6) is 0 Å². The van der Waals surface area contributed by atoms with Crippen LogP contribution in [0.4, 0.5) is 0 Å². The number of hydrogen-bond acceptors (Lipinski definition) is 0. The van der Waals surface area contributed by atoms with E-state index in [2.05, 4.69) is 43.8 Å². The molecule has 0 aromatic carbocycles.